The van der Waals surface area contributed by atoms with Gasteiger partial charge < -0.3 is 25.1 Å². The van der Waals surface area contributed by atoms with Gasteiger partial charge in [-0.05, 0) is 57.2 Å². The standard InChI is InChI=1S/C30H47NO8/c1-10-17(3)14-24(32)38-22-13-12-21(16-23(22)39-25(33)15-18(4)11-2)26(27(31)28(34)35)19(5)20(6)37-29(36)30(7,8)9/h12-13,16-20,26-27H,10-11,14-15,31H2,1-9H3,(H,34,35)/t17?,18?,19?,20?,26?,27-/m0/s1. The van der Waals surface area contributed by atoms with E-state index in [1.807, 2.05) is 27.7 Å². The number of rotatable bonds is 14. The van der Waals surface area contributed by atoms with E-state index >= 15 is 0 Å². The van der Waals surface area contributed by atoms with Gasteiger partial charge >= 0.3 is 23.9 Å². The Labute approximate surface area is 232 Å². The van der Waals surface area contributed by atoms with Gasteiger partial charge in [-0.25, -0.2) is 0 Å². The highest BCUT2D eigenvalue weighted by atomic mass is 16.6. The summed E-state index contributed by atoms with van der Waals surface area (Å²) in [5, 5.41) is 9.79. The van der Waals surface area contributed by atoms with E-state index in [0.717, 1.165) is 12.8 Å². The van der Waals surface area contributed by atoms with E-state index in [-0.39, 0.29) is 36.2 Å². The summed E-state index contributed by atoms with van der Waals surface area (Å²) in [5.74, 6) is -3.70. The molecule has 0 fully saturated rings. The van der Waals surface area contributed by atoms with Crippen molar-refractivity contribution >= 4 is 23.9 Å². The fourth-order valence-corrected chi connectivity index (χ4v) is 3.82. The third kappa shape index (κ3) is 10.6. The summed E-state index contributed by atoms with van der Waals surface area (Å²) in [5.41, 5.74) is 5.85. The zero-order valence-electron chi connectivity index (χ0n) is 24.9. The van der Waals surface area contributed by atoms with Crippen LogP contribution in [0.3, 0.4) is 0 Å². The van der Waals surface area contributed by atoms with Crippen molar-refractivity contribution in [1.82, 2.24) is 0 Å². The van der Waals surface area contributed by atoms with Gasteiger partial charge in [0.2, 0.25) is 0 Å². The van der Waals surface area contributed by atoms with Crippen LogP contribution in [0.15, 0.2) is 18.2 Å². The molecule has 220 valence electrons. The number of carboxylic acids is 1. The molecule has 0 bridgehead atoms. The van der Waals surface area contributed by atoms with Gasteiger partial charge in [-0.15, -0.1) is 0 Å². The second kappa shape index (κ2) is 15.0. The van der Waals surface area contributed by atoms with Crippen LogP contribution in [0.5, 0.6) is 11.5 Å². The number of aliphatic carboxylic acids is 1. The Kier molecular flexibility index (Phi) is 13.1. The van der Waals surface area contributed by atoms with E-state index in [9.17, 15) is 24.3 Å². The van der Waals surface area contributed by atoms with Crippen LogP contribution in [0.1, 0.15) is 99.5 Å². The summed E-state index contributed by atoms with van der Waals surface area (Å²) < 4.78 is 16.8. The van der Waals surface area contributed by atoms with Crippen LogP contribution in [-0.4, -0.2) is 41.1 Å². The van der Waals surface area contributed by atoms with Crippen molar-refractivity contribution in [2.45, 2.75) is 106 Å². The SMILES string of the molecule is CCC(C)CC(=O)Oc1ccc(C(C(C)C(C)OC(=O)C(C)(C)C)[C@H](N)C(=O)O)cc1OC(=O)CC(C)CC. The molecule has 9 heteroatoms. The predicted octanol–water partition coefficient (Wildman–Crippen LogP) is 5.48. The number of nitrogens with two attached hydrogens (primary N) is 1. The molecule has 1 aromatic carbocycles. The maximum Gasteiger partial charge on any atom is 0.321 e. The summed E-state index contributed by atoms with van der Waals surface area (Å²) >= 11 is 0. The lowest BCUT2D eigenvalue weighted by Crippen LogP contribution is -2.43. The van der Waals surface area contributed by atoms with Gasteiger partial charge in [0.15, 0.2) is 11.5 Å². The first-order valence-corrected chi connectivity index (χ1v) is 13.8. The Morgan fingerprint density at radius 1 is 0.872 bits per heavy atom. The van der Waals surface area contributed by atoms with Crippen molar-refractivity contribution in [2.75, 3.05) is 0 Å². The van der Waals surface area contributed by atoms with Crippen LogP contribution in [0.4, 0.5) is 0 Å². The second-order valence-corrected chi connectivity index (χ2v) is 11.7. The fourth-order valence-electron chi connectivity index (χ4n) is 3.82. The van der Waals surface area contributed by atoms with Crippen molar-refractivity contribution in [3.8, 4) is 11.5 Å². The van der Waals surface area contributed by atoms with E-state index in [4.69, 9.17) is 19.9 Å². The first-order valence-electron chi connectivity index (χ1n) is 13.8. The van der Waals surface area contributed by atoms with Gasteiger partial charge in [-0.3, -0.25) is 19.2 Å². The van der Waals surface area contributed by atoms with Gasteiger partial charge in [0, 0.05) is 24.7 Å². The van der Waals surface area contributed by atoms with E-state index in [0.29, 0.717) is 5.56 Å². The molecule has 5 unspecified atom stereocenters. The van der Waals surface area contributed by atoms with Gasteiger partial charge in [0.05, 0.1) is 5.41 Å². The van der Waals surface area contributed by atoms with Crippen molar-refractivity contribution in [2.24, 2.45) is 28.9 Å². The lowest BCUT2D eigenvalue weighted by molar-refractivity contribution is -0.160. The molecule has 0 spiro atoms. The highest BCUT2D eigenvalue weighted by Crippen LogP contribution is 2.38. The summed E-state index contributed by atoms with van der Waals surface area (Å²) in [7, 11) is 0. The molecule has 3 N–H and O–H groups in total. The molecule has 39 heavy (non-hydrogen) atoms. The Morgan fingerprint density at radius 3 is 1.79 bits per heavy atom. The molecule has 0 saturated carbocycles. The van der Waals surface area contributed by atoms with Crippen LogP contribution in [0, 0.1) is 23.2 Å². The lowest BCUT2D eigenvalue weighted by atomic mass is 9.79. The number of benzene rings is 1. The van der Waals surface area contributed by atoms with Crippen LogP contribution < -0.4 is 15.2 Å². The molecule has 0 aliphatic rings. The molecule has 0 amide bonds. The van der Waals surface area contributed by atoms with Gasteiger partial charge in [-0.2, -0.15) is 0 Å². The normalized spacial score (nSPS) is 16.3. The summed E-state index contributed by atoms with van der Waals surface area (Å²) in [6.45, 7) is 16.4. The quantitative estimate of drug-likeness (QED) is 0.228. The van der Waals surface area contributed by atoms with Crippen LogP contribution in [0.25, 0.3) is 0 Å². The molecule has 0 saturated heterocycles. The lowest BCUT2D eigenvalue weighted by Gasteiger charge is -2.33. The maximum atomic E-state index is 12.7. The van der Waals surface area contributed by atoms with Crippen molar-refractivity contribution in [3.63, 3.8) is 0 Å². The van der Waals surface area contributed by atoms with Crippen LogP contribution >= 0.6 is 0 Å². The van der Waals surface area contributed by atoms with Gasteiger partial charge in [0.1, 0.15) is 12.1 Å². The van der Waals surface area contributed by atoms with Crippen molar-refractivity contribution < 1.29 is 38.5 Å². The number of hydrogen-bond acceptors (Lipinski definition) is 8. The molecule has 9 nitrogen and oxygen atoms in total. The molecular formula is C30H47NO8. The van der Waals surface area contributed by atoms with Crippen LogP contribution in [-0.2, 0) is 23.9 Å². The van der Waals surface area contributed by atoms with Crippen molar-refractivity contribution in [3.05, 3.63) is 23.8 Å². The number of carboxylic acid groups (broad SMARTS) is 1. The average molecular weight is 550 g/mol. The molecule has 0 aromatic heterocycles. The topological polar surface area (TPSA) is 142 Å². The number of carbonyl (C=O) groups excluding carboxylic acids is 3. The maximum absolute atomic E-state index is 12.7. The molecule has 1 rings (SSSR count). The molecule has 0 radical (unpaired) electrons. The highest BCUT2D eigenvalue weighted by Gasteiger charge is 2.37. The molecule has 1 aromatic rings. The predicted molar refractivity (Wildman–Crippen MR) is 148 cm³/mol. The van der Waals surface area contributed by atoms with E-state index in [1.165, 1.54) is 12.1 Å². The molecule has 6 atom stereocenters. The van der Waals surface area contributed by atoms with E-state index in [1.54, 1.807) is 40.7 Å². The number of hydrogen-bond donors (Lipinski definition) is 2. The second-order valence-electron chi connectivity index (χ2n) is 11.7. The first kappa shape index (κ1) is 34.1. The minimum atomic E-state index is -1.35. The minimum absolute atomic E-state index is 0.00688. The third-order valence-corrected chi connectivity index (χ3v) is 7.11. The van der Waals surface area contributed by atoms with Gasteiger partial charge in [0.25, 0.3) is 0 Å². The van der Waals surface area contributed by atoms with Crippen LogP contribution in [0.2, 0.25) is 0 Å². The zero-order chi connectivity index (χ0) is 30.1. The highest BCUT2D eigenvalue weighted by molar-refractivity contribution is 5.78. The minimum Gasteiger partial charge on any atom is -0.480 e. The summed E-state index contributed by atoms with van der Waals surface area (Å²) in [4.78, 5) is 49.7. The third-order valence-electron chi connectivity index (χ3n) is 7.11. The Bertz CT molecular complexity index is 999. The number of ether oxygens (including phenoxy) is 3. The summed E-state index contributed by atoms with van der Waals surface area (Å²) in [6, 6.07) is 3.22. The van der Waals surface area contributed by atoms with Crippen molar-refractivity contribution in [1.29, 1.82) is 0 Å². The zero-order valence-corrected chi connectivity index (χ0v) is 24.9. The Morgan fingerprint density at radius 2 is 1.36 bits per heavy atom. The molecule has 0 aliphatic carbocycles. The Balaban J connectivity index is 3.49. The van der Waals surface area contributed by atoms with Gasteiger partial charge in [-0.1, -0.05) is 53.5 Å². The van der Waals surface area contributed by atoms with E-state index < -0.39 is 53.3 Å². The summed E-state index contributed by atoms with van der Waals surface area (Å²) in [6.07, 6.45) is 1.27. The number of esters is 3. The monoisotopic (exact) mass is 549 g/mol. The smallest absolute Gasteiger partial charge is 0.321 e. The molecular weight excluding hydrogens is 502 g/mol. The molecule has 0 heterocycles. The first-order chi connectivity index (χ1) is 18.0. The van der Waals surface area contributed by atoms with E-state index in [2.05, 4.69) is 0 Å². The Hall–Kier alpha value is -2.94. The molecule has 0 aliphatic heterocycles. The number of carbonyl (C=O) groups is 4. The fraction of sp³-hybridized carbons (Fsp3) is 0.667. The largest absolute Gasteiger partial charge is 0.480 e. The average Bonchev–Trinajstić information content (AvgIpc) is 2.84.